The van der Waals surface area contributed by atoms with Crippen molar-refractivity contribution >= 4 is 10.8 Å². The Hall–Kier alpha value is -1.38. The first-order valence-corrected chi connectivity index (χ1v) is 7.82. The second kappa shape index (κ2) is 5.43. The molecule has 0 saturated carbocycles. The van der Waals surface area contributed by atoms with Crippen LogP contribution in [0.25, 0.3) is 10.8 Å². The van der Waals surface area contributed by atoms with Crippen molar-refractivity contribution in [1.29, 1.82) is 0 Å². The maximum absolute atomic E-state index is 11.0. The summed E-state index contributed by atoms with van der Waals surface area (Å²) in [4.78, 5) is 0. The van der Waals surface area contributed by atoms with Crippen molar-refractivity contribution in [3.8, 4) is 0 Å². The fourth-order valence-electron chi connectivity index (χ4n) is 3.78. The summed E-state index contributed by atoms with van der Waals surface area (Å²) in [6.07, 6.45) is -0.188. The van der Waals surface area contributed by atoms with Crippen LogP contribution in [0.1, 0.15) is 38.0 Å². The van der Waals surface area contributed by atoms with E-state index in [1.807, 2.05) is 6.07 Å². The Balaban J connectivity index is 2.06. The molecule has 21 heavy (non-hydrogen) atoms. The van der Waals surface area contributed by atoms with Crippen molar-refractivity contribution in [1.82, 2.24) is 0 Å². The topological polar surface area (TPSA) is 29.5 Å². The van der Waals surface area contributed by atoms with Crippen LogP contribution in [0.5, 0.6) is 0 Å². The number of rotatable bonds is 2. The van der Waals surface area contributed by atoms with Gasteiger partial charge in [0.2, 0.25) is 0 Å². The highest BCUT2D eigenvalue weighted by atomic mass is 16.5. The molecule has 1 aliphatic heterocycles. The van der Waals surface area contributed by atoms with Gasteiger partial charge in [-0.1, -0.05) is 43.3 Å². The van der Waals surface area contributed by atoms with Crippen LogP contribution in [0.2, 0.25) is 0 Å². The second-order valence-electron chi connectivity index (χ2n) is 6.44. The first kappa shape index (κ1) is 14.6. The van der Waals surface area contributed by atoms with E-state index in [1.165, 1.54) is 10.9 Å². The minimum absolute atomic E-state index is 0.0880. The number of aliphatic hydroxyl groups excluding tert-OH is 1. The summed E-state index contributed by atoms with van der Waals surface area (Å²) >= 11 is 0. The summed E-state index contributed by atoms with van der Waals surface area (Å²) in [5, 5.41) is 13.4. The molecule has 0 aliphatic carbocycles. The summed E-state index contributed by atoms with van der Waals surface area (Å²) in [5.74, 6) is 0.501. The third kappa shape index (κ3) is 2.37. The molecule has 1 N–H and O–H groups in total. The van der Waals surface area contributed by atoms with Gasteiger partial charge < -0.3 is 9.84 Å². The SMILES string of the molecule is Cc1ccc(C(O)C2C(C)OC(C)C2C)c2ccccc12. The van der Waals surface area contributed by atoms with Gasteiger partial charge in [-0.2, -0.15) is 0 Å². The molecule has 1 heterocycles. The summed E-state index contributed by atoms with van der Waals surface area (Å²) in [7, 11) is 0. The van der Waals surface area contributed by atoms with Gasteiger partial charge in [-0.05, 0) is 48.6 Å². The van der Waals surface area contributed by atoms with E-state index in [0.29, 0.717) is 5.92 Å². The van der Waals surface area contributed by atoms with Gasteiger partial charge in [-0.15, -0.1) is 0 Å². The molecule has 5 unspecified atom stereocenters. The highest BCUT2D eigenvalue weighted by Gasteiger charge is 2.41. The van der Waals surface area contributed by atoms with Crippen LogP contribution >= 0.6 is 0 Å². The summed E-state index contributed by atoms with van der Waals surface area (Å²) < 4.78 is 5.90. The van der Waals surface area contributed by atoms with Crippen molar-refractivity contribution in [3.05, 3.63) is 47.5 Å². The first-order chi connectivity index (χ1) is 10.0. The standard InChI is InChI=1S/C19H24O2/c1-11-9-10-17(16-8-6-5-7-15(11)16)19(20)18-12(2)13(3)21-14(18)4/h5-10,12-14,18-20H,1-4H3. The number of aliphatic hydroxyl groups is 1. The fraction of sp³-hybridized carbons (Fsp3) is 0.474. The molecule has 1 fully saturated rings. The Bertz CT molecular complexity index is 649. The van der Waals surface area contributed by atoms with Crippen molar-refractivity contribution in [3.63, 3.8) is 0 Å². The van der Waals surface area contributed by atoms with Gasteiger partial charge in [-0.25, -0.2) is 0 Å². The molecule has 5 atom stereocenters. The average molecular weight is 284 g/mol. The number of benzene rings is 2. The number of hydrogen-bond acceptors (Lipinski definition) is 2. The van der Waals surface area contributed by atoms with Crippen LogP contribution in [-0.4, -0.2) is 17.3 Å². The van der Waals surface area contributed by atoms with Gasteiger partial charge >= 0.3 is 0 Å². The molecular weight excluding hydrogens is 260 g/mol. The molecule has 1 saturated heterocycles. The molecule has 0 aromatic heterocycles. The van der Waals surface area contributed by atoms with E-state index in [0.717, 1.165) is 10.9 Å². The van der Waals surface area contributed by atoms with Crippen LogP contribution in [0.3, 0.4) is 0 Å². The highest BCUT2D eigenvalue weighted by Crippen LogP contribution is 2.42. The quantitative estimate of drug-likeness (QED) is 0.893. The monoisotopic (exact) mass is 284 g/mol. The molecule has 2 heteroatoms. The van der Waals surface area contributed by atoms with E-state index >= 15 is 0 Å². The summed E-state index contributed by atoms with van der Waals surface area (Å²) in [6.45, 7) is 8.47. The van der Waals surface area contributed by atoms with Crippen molar-refractivity contribution < 1.29 is 9.84 Å². The first-order valence-electron chi connectivity index (χ1n) is 7.82. The molecule has 3 rings (SSSR count). The van der Waals surface area contributed by atoms with Crippen LogP contribution in [0.15, 0.2) is 36.4 Å². The normalized spacial score (nSPS) is 30.7. The molecule has 0 spiro atoms. The lowest BCUT2D eigenvalue weighted by molar-refractivity contribution is 0.0236. The maximum Gasteiger partial charge on any atom is 0.0852 e. The van der Waals surface area contributed by atoms with Crippen molar-refractivity contribution in [2.75, 3.05) is 0 Å². The van der Waals surface area contributed by atoms with Crippen LogP contribution in [0, 0.1) is 18.8 Å². The largest absolute Gasteiger partial charge is 0.388 e. The van der Waals surface area contributed by atoms with E-state index in [4.69, 9.17) is 4.74 Å². The van der Waals surface area contributed by atoms with E-state index in [1.54, 1.807) is 0 Å². The van der Waals surface area contributed by atoms with E-state index < -0.39 is 6.10 Å². The van der Waals surface area contributed by atoms with Gasteiger partial charge in [-0.3, -0.25) is 0 Å². The Morgan fingerprint density at radius 3 is 2.24 bits per heavy atom. The number of aryl methyl sites for hydroxylation is 1. The Kier molecular flexibility index (Phi) is 3.76. The van der Waals surface area contributed by atoms with Crippen LogP contribution in [0.4, 0.5) is 0 Å². The summed E-state index contributed by atoms with van der Waals surface area (Å²) in [6, 6.07) is 12.5. The van der Waals surface area contributed by atoms with E-state index in [2.05, 4.69) is 58.0 Å². The van der Waals surface area contributed by atoms with E-state index in [-0.39, 0.29) is 18.1 Å². The molecule has 2 aromatic rings. The zero-order valence-electron chi connectivity index (χ0n) is 13.2. The van der Waals surface area contributed by atoms with Crippen molar-refractivity contribution in [2.24, 2.45) is 11.8 Å². The molecular formula is C19H24O2. The third-order valence-electron chi connectivity index (χ3n) is 5.18. The predicted octanol–water partition coefficient (Wildman–Crippen LogP) is 4.24. The zero-order chi connectivity index (χ0) is 15.1. The van der Waals surface area contributed by atoms with Gasteiger partial charge in [0, 0.05) is 5.92 Å². The Morgan fingerprint density at radius 1 is 0.952 bits per heavy atom. The molecule has 112 valence electrons. The fourth-order valence-corrected chi connectivity index (χ4v) is 3.78. The molecule has 0 radical (unpaired) electrons. The lowest BCUT2D eigenvalue weighted by Gasteiger charge is -2.26. The van der Waals surface area contributed by atoms with Crippen LogP contribution in [-0.2, 0) is 4.74 Å². The average Bonchev–Trinajstić information content (AvgIpc) is 2.72. The van der Waals surface area contributed by atoms with Gasteiger partial charge in [0.1, 0.15) is 0 Å². The van der Waals surface area contributed by atoms with Gasteiger partial charge in [0.15, 0.2) is 0 Å². The van der Waals surface area contributed by atoms with Gasteiger partial charge in [0.05, 0.1) is 18.3 Å². The highest BCUT2D eigenvalue weighted by molar-refractivity contribution is 5.88. The molecule has 2 nitrogen and oxygen atoms in total. The molecule has 0 amide bonds. The number of fused-ring (bicyclic) bond motifs is 1. The maximum atomic E-state index is 11.0. The third-order valence-corrected chi connectivity index (χ3v) is 5.18. The molecule has 2 aromatic carbocycles. The molecule has 1 aliphatic rings. The minimum atomic E-state index is -0.481. The predicted molar refractivity (Wildman–Crippen MR) is 86.3 cm³/mol. The van der Waals surface area contributed by atoms with Crippen molar-refractivity contribution in [2.45, 2.75) is 46.0 Å². The summed E-state index contributed by atoms with van der Waals surface area (Å²) in [5.41, 5.74) is 2.27. The number of hydrogen-bond donors (Lipinski definition) is 1. The van der Waals surface area contributed by atoms with E-state index in [9.17, 15) is 5.11 Å². The lowest BCUT2D eigenvalue weighted by Crippen LogP contribution is -2.25. The lowest BCUT2D eigenvalue weighted by atomic mass is 9.81. The Morgan fingerprint density at radius 2 is 1.62 bits per heavy atom. The minimum Gasteiger partial charge on any atom is -0.388 e. The van der Waals surface area contributed by atoms with Gasteiger partial charge in [0.25, 0.3) is 0 Å². The number of ether oxygens (including phenoxy) is 1. The Labute approximate surface area is 126 Å². The second-order valence-corrected chi connectivity index (χ2v) is 6.44. The van der Waals surface area contributed by atoms with Crippen LogP contribution < -0.4 is 0 Å². The smallest absolute Gasteiger partial charge is 0.0852 e. The molecule has 0 bridgehead atoms. The zero-order valence-corrected chi connectivity index (χ0v) is 13.2.